The normalized spacial score (nSPS) is 14.5. The van der Waals surface area contributed by atoms with Gasteiger partial charge in [-0.1, -0.05) is 12.1 Å². The van der Waals surface area contributed by atoms with Gasteiger partial charge in [-0.3, -0.25) is 4.79 Å². The van der Waals surface area contributed by atoms with Crippen LogP contribution in [0.5, 0.6) is 0 Å². The van der Waals surface area contributed by atoms with Gasteiger partial charge in [0.25, 0.3) is 5.91 Å². The fourth-order valence-electron chi connectivity index (χ4n) is 2.96. The van der Waals surface area contributed by atoms with Gasteiger partial charge in [-0.2, -0.15) is 13.2 Å². The zero-order chi connectivity index (χ0) is 18.7. The number of amides is 1. The molecule has 0 unspecified atom stereocenters. The maximum atomic E-state index is 13.0. The van der Waals surface area contributed by atoms with Crippen LogP contribution in [0, 0.1) is 6.92 Å². The van der Waals surface area contributed by atoms with Gasteiger partial charge in [-0.25, -0.2) is 9.97 Å². The number of rotatable bonds is 4. The van der Waals surface area contributed by atoms with E-state index in [0.717, 1.165) is 37.7 Å². The zero-order valence-electron chi connectivity index (χ0n) is 14.3. The maximum Gasteiger partial charge on any atom is 0.417 e. The van der Waals surface area contributed by atoms with Gasteiger partial charge in [-0.15, -0.1) is 0 Å². The first-order valence-corrected chi connectivity index (χ1v) is 8.38. The summed E-state index contributed by atoms with van der Waals surface area (Å²) >= 11 is 0. The van der Waals surface area contributed by atoms with Gasteiger partial charge in [0.1, 0.15) is 0 Å². The van der Waals surface area contributed by atoms with Gasteiger partial charge in [0.2, 0.25) is 5.95 Å². The van der Waals surface area contributed by atoms with Crippen molar-refractivity contribution in [2.45, 2.75) is 32.5 Å². The molecule has 2 heterocycles. The average Bonchev–Trinajstić information content (AvgIpc) is 3.13. The molecule has 0 spiro atoms. The summed E-state index contributed by atoms with van der Waals surface area (Å²) < 4.78 is 39.1. The quantitative estimate of drug-likeness (QED) is 0.904. The molecule has 0 atom stereocenters. The molecule has 138 valence electrons. The van der Waals surface area contributed by atoms with Crippen molar-refractivity contribution in [3.63, 3.8) is 0 Å². The van der Waals surface area contributed by atoms with Crippen LogP contribution in [0.3, 0.4) is 0 Å². The third-order valence-corrected chi connectivity index (χ3v) is 4.19. The fourth-order valence-corrected chi connectivity index (χ4v) is 2.96. The van der Waals surface area contributed by atoms with E-state index in [4.69, 9.17) is 0 Å². The number of carbonyl (C=O) groups is 1. The Balaban J connectivity index is 1.74. The van der Waals surface area contributed by atoms with Gasteiger partial charge in [0, 0.05) is 18.8 Å². The molecule has 1 aromatic carbocycles. The second kappa shape index (κ2) is 7.31. The largest absolute Gasteiger partial charge is 0.417 e. The molecule has 1 saturated heterocycles. The second-order valence-corrected chi connectivity index (χ2v) is 6.22. The van der Waals surface area contributed by atoms with Crippen molar-refractivity contribution in [2.24, 2.45) is 0 Å². The Hall–Kier alpha value is -2.64. The Kier molecular flexibility index (Phi) is 5.11. The van der Waals surface area contributed by atoms with E-state index in [-0.39, 0.29) is 6.54 Å². The summed E-state index contributed by atoms with van der Waals surface area (Å²) in [6.45, 7) is 3.63. The molecule has 8 heteroatoms. The van der Waals surface area contributed by atoms with Crippen molar-refractivity contribution in [3.05, 3.63) is 52.8 Å². The lowest BCUT2D eigenvalue weighted by Crippen LogP contribution is -2.27. The van der Waals surface area contributed by atoms with Gasteiger partial charge in [0.05, 0.1) is 23.4 Å². The van der Waals surface area contributed by atoms with Crippen LogP contribution in [0.2, 0.25) is 0 Å². The molecule has 1 fully saturated rings. The molecular weight excluding hydrogens is 345 g/mol. The van der Waals surface area contributed by atoms with Crippen LogP contribution in [0.4, 0.5) is 19.1 Å². The zero-order valence-corrected chi connectivity index (χ0v) is 14.3. The van der Waals surface area contributed by atoms with E-state index in [1.807, 2.05) is 6.92 Å². The highest BCUT2D eigenvalue weighted by Gasteiger charge is 2.34. The molecule has 0 aliphatic carbocycles. The number of nitrogens with one attached hydrogen (secondary N) is 1. The van der Waals surface area contributed by atoms with Crippen molar-refractivity contribution in [3.8, 4) is 0 Å². The van der Waals surface area contributed by atoms with Gasteiger partial charge in [0.15, 0.2) is 0 Å². The number of carbonyl (C=O) groups excluding carboxylic acids is 1. The molecule has 1 amide bonds. The molecule has 1 aliphatic heterocycles. The van der Waals surface area contributed by atoms with E-state index >= 15 is 0 Å². The highest BCUT2D eigenvalue weighted by atomic mass is 19.4. The number of anilines is 1. The van der Waals surface area contributed by atoms with Gasteiger partial charge in [-0.05, 0) is 38.0 Å². The molecule has 5 nitrogen and oxygen atoms in total. The first-order chi connectivity index (χ1) is 12.3. The molecule has 2 aromatic rings. The lowest BCUT2D eigenvalue weighted by atomic mass is 10.1. The third-order valence-electron chi connectivity index (χ3n) is 4.19. The number of aromatic nitrogens is 2. The molecule has 0 radical (unpaired) electrons. The van der Waals surface area contributed by atoms with Crippen LogP contribution in [0.25, 0.3) is 0 Å². The van der Waals surface area contributed by atoms with Crippen LogP contribution >= 0.6 is 0 Å². The van der Waals surface area contributed by atoms with Gasteiger partial charge >= 0.3 is 6.18 Å². The van der Waals surface area contributed by atoms with E-state index in [2.05, 4.69) is 20.2 Å². The first-order valence-electron chi connectivity index (χ1n) is 8.38. The molecule has 26 heavy (non-hydrogen) atoms. The number of hydrogen-bond donors (Lipinski definition) is 1. The van der Waals surface area contributed by atoms with E-state index in [0.29, 0.717) is 11.6 Å². The van der Waals surface area contributed by atoms with Crippen molar-refractivity contribution < 1.29 is 18.0 Å². The summed E-state index contributed by atoms with van der Waals surface area (Å²) in [5, 5.41) is 2.53. The highest BCUT2D eigenvalue weighted by molar-refractivity contribution is 5.95. The number of benzene rings is 1. The summed E-state index contributed by atoms with van der Waals surface area (Å²) in [6.07, 6.45) is -2.42. The number of alkyl halides is 3. The van der Waals surface area contributed by atoms with E-state index in [1.54, 1.807) is 6.07 Å². The Morgan fingerprint density at radius 1 is 1.19 bits per heavy atom. The Bertz CT molecular complexity index is 801. The molecule has 1 aliphatic rings. The summed E-state index contributed by atoms with van der Waals surface area (Å²) in [5.74, 6) is -0.181. The van der Waals surface area contributed by atoms with Crippen LogP contribution in [-0.2, 0) is 12.7 Å². The summed E-state index contributed by atoms with van der Waals surface area (Å²) in [6, 6.07) is 6.45. The van der Waals surface area contributed by atoms with Crippen molar-refractivity contribution in [2.75, 3.05) is 18.0 Å². The third kappa shape index (κ3) is 4.12. The van der Waals surface area contributed by atoms with Crippen molar-refractivity contribution in [1.82, 2.24) is 15.3 Å². The first kappa shape index (κ1) is 18.2. The molecule has 0 bridgehead atoms. The van der Waals surface area contributed by atoms with Crippen LogP contribution in [0.15, 0.2) is 30.3 Å². The monoisotopic (exact) mass is 364 g/mol. The predicted octanol–water partition coefficient (Wildman–Crippen LogP) is 3.33. The number of nitrogens with zero attached hydrogens (tertiary/aromatic N) is 3. The van der Waals surface area contributed by atoms with E-state index < -0.39 is 23.2 Å². The van der Waals surface area contributed by atoms with E-state index in [1.165, 1.54) is 18.2 Å². The number of hydrogen-bond acceptors (Lipinski definition) is 4. The summed E-state index contributed by atoms with van der Waals surface area (Å²) in [5.41, 5.74) is -0.0289. The van der Waals surface area contributed by atoms with Gasteiger partial charge < -0.3 is 10.2 Å². The molecule has 1 aromatic heterocycles. The smallest absolute Gasteiger partial charge is 0.346 e. The molecule has 1 N–H and O–H groups in total. The average molecular weight is 364 g/mol. The standard InChI is InChI=1S/C18H19F3N4O/c1-12-10-13(24-17(23-12)25-8-4-5-9-25)11-22-16(26)14-6-2-3-7-15(14)18(19,20)21/h2-3,6-7,10H,4-5,8-9,11H2,1H3,(H,22,26). The Morgan fingerprint density at radius 3 is 2.58 bits per heavy atom. The van der Waals surface area contributed by atoms with Crippen LogP contribution < -0.4 is 10.2 Å². The minimum atomic E-state index is -4.58. The minimum absolute atomic E-state index is 0.0369. The van der Waals surface area contributed by atoms with Crippen LogP contribution in [0.1, 0.15) is 40.2 Å². The van der Waals surface area contributed by atoms with E-state index in [9.17, 15) is 18.0 Å². The SMILES string of the molecule is Cc1cc(CNC(=O)c2ccccc2C(F)(F)F)nc(N2CCCC2)n1. The maximum absolute atomic E-state index is 13.0. The van der Waals surface area contributed by atoms with Crippen molar-refractivity contribution in [1.29, 1.82) is 0 Å². The molecular formula is C18H19F3N4O. The predicted molar refractivity (Wildman–Crippen MR) is 90.8 cm³/mol. The lowest BCUT2D eigenvalue weighted by Gasteiger charge is -2.17. The number of halogens is 3. The number of aryl methyl sites for hydroxylation is 1. The lowest BCUT2D eigenvalue weighted by molar-refractivity contribution is -0.137. The second-order valence-electron chi connectivity index (χ2n) is 6.22. The Morgan fingerprint density at radius 2 is 1.88 bits per heavy atom. The van der Waals surface area contributed by atoms with Crippen molar-refractivity contribution >= 4 is 11.9 Å². The summed E-state index contributed by atoms with van der Waals surface area (Å²) in [4.78, 5) is 23.1. The van der Waals surface area contributed by atoms with Crippen LogP contribution in [-0.4, -0.2) is 29.0 Å². The minimum Gasteiger partial charge on any atom is -0.346 e. The molecule has 0 saturated carbocycles. The fraction of sp³-hybridized carbons (Fsp3) is 0.389. The summed E-state index contributed by atoms with van der Waals surface area (Å²) in [7, 11) is 0. The Labute approximate surface area is 149 Å². The highest BCUT2D eigenvalue weighted by Crippen LogP contribution is 2.31. The molecule has 3 rings (SSSR count). The topological polar surface area (TPSA) is 58.1 Å².